The topological polar surface area (TPSA) is 73.7 Å². The first-order valence-electron chi connectivity index (χ1n) is 5.00. The summed E-state index contributed by atoms with van der Waals surface area (Å²) < 4.78 is 1.67. The van der Waals surface area contributed by atoms with Crippen LogP contribution in [0, 0.1) is 11.7 Å². The van der Waals surface area contributed by atoms with E-state index in [1.807, 2.05) is 31.2 Å². The molecule has 0 saturated heterocycles. The molecule has 2 aromatic rings. The van der Waals surface area contributed by atoms with E-state index in [1.54, 1.807) is 0 Å². The lowest BCUT2D eigenvalue weighted by Gasteiger charge is -2.07. The first-order valence-corrected chi connectivity index (χ1v) is 5.41. The third-order valence-corrected chi connectivity index (χ3v) is 2.67. The van der Waals surface area contributed by atoms with E-state index in [9.17, 15) is 9.90 Å². The third kappa shape index (κ3) is 2.42. The molecule has 0 bridgehead atoms. The lowest BCUT2D eigenvalue weighted by atomic mass is 10.1. The number of carboxylic acids is 1. The molecule has 0 radical (unpaired) electrons. The molecule has 1 heterocycles. The van der Waals surface area contributed by atoms with E-state index < -0.39 is 5.97 Å². The van der Waals surface area contributed by atoms with Gasteiger partial charge in [-0.1, -0.05) is 29.8 Å². The van der Waals surface area contributed by atoms with Gasteiger partial charge >= 0.3 is 0 Å². The van der Waals surface area contributed by atoms with Crippen molar-refractivity contribution in [3.05, 3.63) is 34.6 Å². The molecule has 5 nitrogen and oxygen atoms in total. The summed E-state index contributed by atoms with van der Waals surface area (Å²) in [6.07, 6.45) is 0. The number of nitrogens with zero attached hydrogens (tertiary/aromatic N) is 2. The van der Waals surface area contributed by atoms with Crippen molar-refractivity contribution < 1.29 is 9.90 Å². The second-order valence-electron chi connectivity index (χ2n) is 3.68. The van der Waals surface area contributed by atoms with E-state index in [1.165, 1.54) is 4.57 Å². The Kier molecular flexibility index (Phi) is 3.06. The van der Waals surface area contributed by atoms with E-state index in [0.29, 0.717) is 5.82 Å². The maximum atomic E-state index is 10.6. The molecule has 1 aromatic heterocycles. The fraction of sp³-hybridized carbons (Fsp3) is 0.182. The van der Waals surface area contributed by atoms with E-state index >= 15 is 0 Å². The van der Waals surface area contributed by atoms with Crippen LogP contribution in [0.2, 0.25) is 0 Å². The molecular formula is C11H10N3O2S-. The number of aromatic nitrogens is 3. The molecule has 0 aliphatic carbocycles. The molecule has 6 heteroatoms. The lowest BCUT2D eigenvalue weighted by molar-refractivity contribution is -0.306. The highest BCUT2D eigenvalue weighted by atomic mass is 32.1. The Labute approximate surface area is 103 Å². The minimum Gasteiger partial charge on any atom is -0.548 e. The van der Waals surface area contributed by atoms with Gasteiger partial charge in [0, 0.05) is 5.56 Å². The van der Waals surface area contributed by atoms with Crippen LogP contribution in [-0.2, 0) is 11.3 Å². The highest BCUT2D eigenvalue weighted by Crippen LogP contribution is 2.17. The Morgan fingerprint density at radius 2 is 2.12 bits per heavy atom. The van der Waals surface area contributed by atoms with Crippen molar-refractivity contribution >= 4 is 18.2 Å². The number of rotatable bonds is 3. The summed E-state index contributed by atoms with van der Waals surface area (Å²) in [4.78, 5) is 10.6. The maximum absolute atomic E-state index is 10.6. The molecule has 0 aliphatic heterocycles. The van der Waals surface area contributed by atoms with E-state index in [2.05, 4.69) is 10.2 Å². The van der Waals surface area contributed by atoms with Crippen LogP contribution in [0.4, 0.5) is 0 Å². The Balaban J connectivity index is 2.48. The minimum absolute atomic E-state index is 0.268. The van der Waals surface area contributed by atoms with Crippen molar-refractivity contribution in [1.82, 2.24) is 14.8 Å². The molecule has 17 heavy (non-hydrogen) atoms. The monoisotopic (exact) mass is 248 g/mol. The zero-order chi connectivity index (χ0) is 12.4. The zero-order valence-electron chi connectivity index (χ0n) is 9.14. The molecule has 2 rings (SSSR count). The number of hydrogen-bond acceptors (Lipinski definition) is 4. The molecule has 0 spiro atoms. The van der Waals surface area contributed by atoms with Gasteiger partial charge in [0.1, 0.15) is 0 Å². The number of carboxylic acid groups (broad SMARTS) is 1. The van der Waals surface area contributed by atoms with Crippen LogP contribution in [0.3, 0.4) is 0 Å². The lowest BCUT2D eigenvalue weighted by Crippen LogP contribution is -2.27. The van der Waals surface area contributed by atoms with E-state index in [-0.39, 0.29) is 11.3 Å². The summed E-state index contributed by atoms with van der Waals surface area (Å²) in [5, 5.41) is 17.2. The summed E-state index contributed by atoms with van der Waals surface area (Å²) in [7, 11) is 0. The predicted octanol–water partition coefficient (Wildman–Crippen LogP) is 0.666. The molecular weight excluding hydrogens is 238 g/mol. The average molecular weight is 248 g/mol. The molecule has 0 saturated carbocycles. The van der Waals surface area contributed by atoms with Gasteiger partial charge in [-0.2, -0.15) is 5.10 Å². The van der Waals surface area contributed by atoms with Crippen LogP contribution in [0.25, 0.3) is 11.4 Å². The Bertz CT molecular complexity index is 598. The third-order valence-electron chi connectivity index (χ3n) is 2.36. The molecule has 0 amide bonds. The molecule has 0 fully saturated rings. The highest BCUT2D eigenvalue weighted by molar-refractivity contribution is 7.71. The zero-order valence-corrected chi connectivity index (χ0v) is 9.95. The molecule has 88 valence electrons. The normalized spacial score (nSPS) is 10.4. The smallest absolute Gasteiger partial charge is 0.195 e. The summed E-state index contributed by atoms with van der Waals surface area (Å²) in [6, 6.07) is 7.59. The summed E-state index contributed by atoms with van der Waals surface area (Å²) in [5.41, 5.74) is 1.93. The number of carbonyl (C=O) groups is 1. The van der Waals surface area contributed by atoms with Crippen molar-refractivity contribution in [2.75, 3.05) is 0 Å². The van der Waals surface area contributed by atoms with Crippen LogP contribution in [-0.4, -0.2) is 20.7 Å². The van der Waals surface area contributed by atoms with Crippen molar-refractivity contribution in [3.8, 4) is 11.4 Å². The molecule has 0 atom stereocenters. The highest BCUT2D eigenvalue weighted by Gasteiger charge is 2.08. The Hall–Kier alpha value is -1.95. The number of H-pyrrole nitrogens is 1. The van der Waals surface area contributed by atoms with Gasteiger partial charge in [-0.25, -0.2) is 0 Å². The molecule has 1 aromatic carbocycles. The Morgan fingerprint density at radius 1 is 1.47 bits per heavy atom. The number of carbonyl (C=O) groups excluding carboxylic acids is 1. The summed E-state index contributed by atoms with van der Waals surface area (Å²) in [6.45, 7) is 1.67. The van der Waals surface area contributed by atoms with E-state index in [0.717, 1.165) is 11.1 Å². The van der Waals surface area contributed by atoms with Gasteiger partial charge in [0.15, 0.2) is 10.6 Å². The van der Waals surface area contributed by atoms with Crippen LogP contribution in [0.15, 0.2) is 24.3 Å². The summed E-state index contributed by atoms with van der Waals surface area (Å²) in [5.74, 6) is -0.699. The van der Waals surface area contributed by atoms with Gasteiger partial charge in [0.2, 0.25) is 0 Å². The SMILES string of the molecule is Cc1ccc(-c2n[nH]c(=S)n2CC(=O)[O-])cc1. The minimum atomic E-state index is -1.20. The average Bonchev–Trinajstić information content (AvgIpc) is 2.61. The number of nitrogens with one attached hydrogen (secondary N) is 1. The van der Waals surface area contributed by atoms with Gasteiger partial charge in [-0.05, 0) is 19.1 Å². The number of hydrogen-bond donors (Lipinski definition) is 1. The van der Waals surface area contributed by atoms with Gasteiger partial charge in [0.25, 0.3) is 0 Å². The van der Waals surface area contributed by atoms with Crippen LogP contribution >= 0.6 is 12.2 Å². The quantitative estimate of drug-likeness (QED) is 0.810. The van der Waals surface area contributed by atoms with Gasteiger partial charge in [-0.3, -0.25) is 9.67 Å². The van der Waals surface area contributed by atoms with Crippen LogP contribution < -0.4 is 5.11 Å². The molecule has 1 N–H and O–H groups in total. The Morgan fingerprint density at radius 3 is 2.71 bits per heavy atom. The van der Waals surface area contributed by atoms with Crippen molar-refractivity contribution in [1.29, 1.82) is 0 Å². The molecule has 0 aliphatic rings. The second kappa shape index (κ2) is 4.50. The van der Waals surface area contributed by atoms with Gasteiger partial charge < -0.3 is 9.90 Å². The van der Waals surface area contributed by atoms with Crippen molar-refractivity contribution in [2.24, 2.45) is 0 Å². The van der Waals surface area contributed by atoms with Gasteiger partial charge in [0.05, 0.1) is 12.5 Å². The predicted molar refractivity (Wildman–Crippen MR) is 62.6 cm³/mol. The number of aromatic amines is 1. The second-order valence-corrected chi connectivity index (χ2v) is 4.06. The van der Waals surface area contributed by atoms with Crippen LogP contribution in [0.1, 0.15) is 5.56 Å². The fourth-order valence-corrected chi connectivity index (χ4v) is 1.71. The van der Waals surface area contributed by atoms with Gasteiger partial charge in [-0.15, -0.1) is 0 Å². The van der Waals surface area contributed by atoms with Crippen molar-refractivity contribution in [3.63, 3.8) is 0 Å². The number of aryl methyl sites for hydroxylation is 1. The summed E-state index contributed by atoms with van der Waals surface area (Å²) >= 11 is 4.97. The standard InChI is InChI=1S/C11H11N3O2S/c1-7-2-4-8(5-3-7)10-12-13-11(17)14(10)6-9(15)16/h2-5H,6H2,1H3,(H,13,17)(H,15,16)/p-1. The largest absolute Gasteiger partial charge is 0.548 e. The maximum Gasteiger partial charge on any atom is 0.195 e. The number of benzene rings is 1. The fourth-order valence-electron chi connectivity index (χ4n) is 1.52. The molecule has 0 unspecified atom stereocenters. The van der Waals surface area contributed by atoms with Crippen molar-refractivity contribution in [2.45, 2.75) is 13.5 Å². The van der Waals surface area contributed by atoms with Crippen LogP contribution in [0.5, 0.6) is 0 Å². The number of aliphatic carboxylic acids is 1. The first-order chi connectivity index (χ1) is 8.08. The van der Waals surface area contributed by atoms with E-state index in [4.69, 9.17) is 12.2 Å². The first kappa shape index (κ1) is 11.5.